The Bertz CT molecular complexity index is 1200. The van der Waals surface area contributed by atoms with Gasteiger partial charge in [-0.05, 0) is 67.8 Å². The smallest absolute Gasteiger partial charge is 0.251 e. The molecule has 1 aliphatic carbocycles. The number of nitrogens with zero attached hydrogens (tertiary/aromatic N) is 2. The number of benzene rings is 2. The molecule has 1 unspecified atom stereocenters. The van der Waals surface area contributed by atoms with Gasteiger partial charge in [-0.3, -0.25) is 9.59 Å². The number of hydrogen-bond donors (Lipinski definition) is 2. The average molecular weight is 535 g/mol. The van der Waals surface area contributed by atoms with Gasteiger partial charge in [-0.25, -0.2) is 17.2 Å². The first-order valence-corrected chi connectivity index (χ1v) is 14.3. The van der Waals surface area contributed by atoms with E-state index in [0.29, 0.717) is 25.3 Å². The third kappa shape index (κ3) is 7.33. The Kier molecular flexibility index (Phi) is 8.56. The maximum absolute atomic E-state index is 13.3. The Morgan fingerprint density at radius 2 is 1.57 bits per heavy atom. The van der Waals surface area contributed by atoms with Crippen molar-refractivity contribution in [3.8, 4) is 0 Å². The van der Waals surface area contributed by atoms with Crippen molar-refractivity contribution in [2.45, 2.75) is 37.3 Å². The molecular formula is C26H32F2N4O4S. The van der Waals surface area contributed by atoms with Crippen molar-refractivity contribution in [3.05, 3.63) is 71.3 Å². The van der Waals surface area contributed by atoms with Crippen LogP contribution in [0.5, 0.6) is 0 Å². The number of carbonyl (C=O) groups excluding carboxylic acids is 2. The Morgan fingerprint density at radius 3 is 2.16 bits per heavy atom. The van der Waals surface area contributed by atoms with Gasteiger partial charge in [-0.15, -0.1) is 0 Å². The lowest BCUT2D eigenvalue weighted by molar-refractivity contribution is -0.134. The maximum atomic E-state index is 13.3. The molecule has 2 aromatic carbocycles. The van der Waals surface area contributed by atoms with Crippen LogP contribution in [0.3, 0.4) is 0 Å². The molecule has 2 amide bonds. The van der Waals surface area contributed by atoms with Crippen LogP contribution in [-0.4, -0.2) is 80.5 Å². The fourth-order valence-corrected chi connectivity index (χ4v) is 5.48. The minimum Gasteiger partial charge on any atom is -0.340 e. The molecule has 2 aromatic rings. The normalized spacial score (nSPS) is 20.9. The van der Waals surface area contributed by atoms with Crippen molar-refractivity contribution in [2.75, 3.05) is 39.0 Å². The monoisotopic (exact) mass is 534 g/mol. The second-order valence-corrected chi connectivity index (χ2v) is 11.6. The SMILES string of the molecule is CS(=O)(=O)N1CCN(C(=O)[C@H](CCCNC2C[C@H]2c2ccc(F)cc2)NC(=O)c2ccc(F)cc2)CC1. The Morgan fingerprint density at radius 1 is 0.973 bits per heavy atom. The van der Waals surface area contributed by atoms with Gasteiger partial charge in [0.15, 0.2) is 0 Å². The summed E-state index contributed by atoms with van der Waals surface area (Å²) < 4.78 is 51.4. The van der Waals surface area contributed by atoms with Crippen LogP contribution in [0.25, 0.3) is 0 Å². The molecule has 0 radical (unpaired) electrons. The number of sulfonamides is 1. The third-order valence-electron chi connectivity index (χ3n) is 6.89. The van der Waals surface area contributed by atoms with Crippen LogP contribution in [0, 0.1) is 11.6 Å². The molecule has 1 aliphatic heterocycles. The van der Waals surface area contributed by atoms with E-state index in [0.717, 1.165) is 18.2 Å². The summed E-state index contributed by atoms with van der Waals surface area (Å²) in [6.07, 6.45) is 3.11. The molecule has 3 atom stereocenters. The molecular weight excluding hydrogens is 502 g/mol. The number of carbonyl (C=O) groups is 2. The van der Waals surface area contributed by atoms with Gasteiger partial charge >= 0.3 is 0 Å². The summed E-state index contributed by atoms with van der Waals surface area (Å²) in [6, 6.07) is 11.1. The molecule has 1 saturated carbocycles. The molecule has 1 saturated heterocycles. The first-order chi connectivity index (χ1) is 17.6. The Hall–Kier alpha value is -2.89. The Labute approximate surface area is 216 Å². The summed E-state index contributed by atoms with van der Waals surface area (Å²) in [6.45, 7) is 1.54. The largest absolute Gasteiger partial charge is 0.340 e. The highest BCUT2D eigenvalue weighted by molar-refractivity contribution is 7.88. The first kappa shape index (κ1) is 27.2. The fraction of sp³-hybridized carbons (Fsp3) is 0.462. The summed E-state index contributed by atoms with van der Waals surface area (Å²) in [5.74, 6) is -1.12. The first-order valence-electron chi connectivity index (χ1n) is 12.4. The molecule has 0 aromatic heterocycles. The second-order valence-electron chi connectivity index (χ2n) is 9.62. The van der Waals surface area contributed by atoms with Crippen LogP contribution in [0.4, 0.5) is 8.78 Å². The van der Waals surface area contributed by atoms with Crippen LogP contribution in [0.15, 0.2) is 48.5 Å². The number of rotatable bonds is 10. The van der Waals surface area contributed by atoms with Gasteiger partial charge in [0.05, 0.1) is 6.26 Å². The standard InChI is InChI=1S/C26H32F2N4O4S/c1-37(35,36)32-15-13-31(14-16-32)26(34)23(30-25(33)19-6-10-21(28)11-7-19)3-2-12-29-24-17-22(24)18-4-8-20(27)9-5-18/h4-11,22-24,29H,2-3,12-17H2,1H3,(H,30,33)/t22-,23-,24?/m0/s1. The van der Waals surface area contributed by atoms with Crippen molar-refractivity contribution in [3.63, 3.8) is 0 Å². The molecule has 0 bridgehead atoms. The molecule has 4 rings (SSSR count). The van der Waals surface area contributed by atoms with E-state index in [2.05, 4.69) is 10.6 Å². The Balaban J connectivity index is 1.32. The van der Waals surface area contributed by atoms with E-state index in [-0.39, 0.29) is 49.5 Å². The van der Waals surface area contributed by atoms with E-state index in [1.807, 2.05) is 0 Å². The lowest BCUT2D eigenvalue weighted by Gasteiger charge is -2.35. The van der Waals surface area contributed by atoms with Crippen LogP contribution >= 0.6 is 0 Å². The highest BCUT2D eigenvalue weighted by Crippen LogP contribution is 2.40. The zero-order valence-corrected chi connectivity index (χ0v) is 21.5. The number of hydrogen-bond acceptors (Lipinski definition) is 5. The van der Waals surface area contributed by atoms with E-state index in [1.165, 1.54) is 40.7 Å². The summed E-state index contributed by atoms with van der Waals surface area (Å²) in [7, 11) is -3.33. The van der Waals surface area contributed by atoms with Crippen molar-refractivity contribution in [1.29, 1.82) is 0 Å². The van der Waals surface area contributed by atoms with Crippen molar-refractivity contribution in [1.82, 2.24) is 19.8 Å². The van der Waals surface area contributed by atoms with E-state index in [4.69, 9.17) is 0 Å². The van der Waals surface area contributed by atoms with Gasteiger partial charge < -0.3 is 15.5 Å². The molecule has 2 fully saturated rings. The molecule has 8 nitrogen and oxygen atoms in total. The fourth-order valence-electron chi connectivity index (χ4n) is 4.65. The third-order valence-corrected chi connectivity index (χ3v) is 8.20. The predicted octanol–water partition coefficient (Wildman–Crippen LogP) is 2.09. The van der Waals surface area contributed by atoms with E-state index in [9.17, 15) is 26.8 Å². The zero-order valence-electron chi connectivity index (χ0n) is 20.7. The van der Waals surface area contributed by atoms with Gasteiger partial charge in [0, 0.05) is 43.7 Å². The van der Waals surface area contributed by atoms with Crippen molar-refractivity contribution in [2.24, 2.45) is 0 Å². The highest BCUT2D eigenvalue weighted by Gasteiger charge is 2.38. The summed E-state index contributed by atoms with van der Waals surface area (Å²) in [4.78, 5) is 27.7. The topological polar surface area (TPSA) is 98.8 Å². The zero-order chi connectivity index (χ0) is 26.6. The van der Waals surface area contributed by atoms with Gasteiger partial charge in [-0.2, -0.15) is 4.31 Å². The van der Waals surface area contributed by atoms with Gasteiger partial charge in [0.1, 0.15) is 17.7 Å². The highest BCUT2D eigenvalue weighted by atomic mass is 32.2. The van der Waals surface area contributed by atoms with Crippen molar-refractivity contribution >= 4 is 21.8 Å². The summed E-state index contributed by atoms with van der Waals surface area (Å²) in [5.41, 5.74) is 1.34. The van der Waals surface area contributed by atoms with Crippen LogP contribution in [0.1, 0.15) is 41.1 Å². The number of amides is 2. The molecule has 2 N–H and O–H groups in total. The van der Waals surface area contributed by atoms with Crippen molar-refractivity contribution < 1.29 is 26.8 Å². The van der Waals surface area contributed by atoms with Crippen LogP contribution < -0.4 is 10.6 Å². The molecule has 37 heavy (non-hydrogen) atoms. The lowest BCUT2D eigenvalue weighted by atomic mass is 10.1. The number of nitrogens with one attached hydrogen (secondary N) is 2. The van der Waals surface area contributed by atoms with Gasteiger partial charge in [-0.1, -0.05) is 12.1 Å². The average Bonchev–Trinajstić information content (AvgIpc) is 3.65. The maximum Gasteiger partial charge on any atom is 0.251 e. The van der Waals surface area contributed by atoms with E-state index >= 15 is 0 Å². The predicted molar refractivity (Wildman–Crippen MR) is 135 cm³/mol. The molecule has 0 spiro atoms. The quantitative estimate of drug-likeness (QED) is 0.455. The number of halogens is 2. The van der Waals surface area contributed by atoms with Crippen LogP contribution in [0.2, 0.25) is 0 Å². The van der Waals surface area contributed by atoms with Crippen LogP contribution in [-0.2, 0) is 14.8 Å². The minimum atomic E-state index is -3.33. The number of piperazine rings is 1. The second kappa shape index (κ2) is 11.7. The molecule has 200 valence electrons. The summed E-state index contributed by atoms with van der Waals surface area (Å²) >= 11 is 0. The molecule has 11 heteroatoms. The molecule has 1 heterocycles. The van der Waals surface area contributed by atoms with E-state index < -0.39 is 27.8 Å². The molecule has 2 aliphatic rings. The van der Waals surface area contributed by atoms with Gasteiger partial charge in [0.2, 0.25) is 15.9 Å². The van der Waals surface area contributed by atoms with E-state index in [1.54, 1.807) is 17.0 Å². The summed E-state index contributed by atoms with van der Waals surface area (Å²) in [5, 5.41) is 6.25. The minimum absolute atomic E-state index is 0.206. The van der Waals surface area contributed by atoms with Gasteiger partial charge in [0.25, 0.3) is 5.91 Å². The lowest BCUT2D eigenvalue weighted by Crippen LogP contribution is -2.55.